The topological polar surface area (TPSA) is 76.5 Å². The number of para-hydroxylation sites is 1. The summed E-state index contributed by atoms with van der Waals surface area (Å²) in [6.45, 7) is 1.74. The Morgan fingerprint density at radius 3 is 2.33 bits per heavy atom. The minimum atomic E-state index is -0.686. The van der Waals surface area contributed by atoms with Crippen LogP contribution in [0.15, 0.2) is 78.1 Å². The van der Waals surface area contributed by atoms with Gasteiger partial charge in [-0.25, -0.2) is 14.3 Å². The maximum Gasteiger partial charge on any atom is 0.337 e. The fourth-order valence-corrected chi connectivity index (χ4v) is 3.58. The van der Waals surface area contributed by atoms with E-state index in [0.717, 1.165) is 11.3 Å². The SMILES string of the molecule is COC(=O)C1=C(C)N(C)C(=O)N[C@H]1c1cn(-c2ccccc2)nc1-c1ccccc1. The third-order valence-electron chi connectivity index (χ3n) is 5.28. The zero-order chi connectivity index (χ0) is 21.3. The van der Waals surface area contributed by atoms with Crippen LogP contribution in [0.2, 0.25) is 0 Å². The van der Waals surface area contributed by atoms with Crippen LogP contribution < -0.4 is 5.32 Å². The number of allylic oxidation sites excluding steroid dienone is 1. The normalized spacial score (nSPS) is 16.4. The quantitative estimate of drug-likeness (QED) is 0.676. The van der Waals surface area contributed by atoms with E-state index in [1.807, 2.05) is 66.9 Å². The van der Waals surface area contributed by atoms with E-state index in [-0.39, 0.29) is 6.03 Å². The second-order valence-electron chi connectivity index (χ2n) is 7.01. The van der Waals surface area contributed by atoms with E-state index < -0.39 is 12.0 Å². The van der Waals surface area contributed by atoms with Gasteiger partial charge in [0, 0.05) is 30.1 Å². The van der Waals surface area contributed by atoms with Gasteiger partial charge in [-0.2, -0.15) is 5.10 Å². The fraction of sp³-hybridized carbons (Fsp3) is 0.174. The fourth-order valence-electron chi connectivity index (χ4n) is 3.58. The van der Waals surface area contributed by atoms with Gasteiger partial charge >= 0.3 is 12.0 Å². The van der Waals surface area contributed by atoms with Gasteiger partial charge in [-0.3, -0.25) is 0 Å². The first-order chi connectivity index (χ1) is 14.5. The molecule has 0 radical (unpaired) electrons. The summed E-state index contributed by atoms with van der Waals surface area (Å²) < 4.78 is 6.79. The number of amides is 2. The number of benzene rings is 2. The van der Waals surface area contributed by atoms with Gasteiger partial charge < -0.3 is 15.0 Å². The molecule has 3 aromatic rings. The Morgan fingerprint density at radius 2 is 1.70 bits per heavy atom. The van der Waals surface area contributed by atoms with Gasteiger partial charge in [0.15, 0.2) is 0 Å². The van der Waals surface area contributed by atoms with E-state index in [1.165, 1.54) is 12.0 Å². The highest BCUT2D eigenvalue weighted by Gasteiger charge is 2.37. The number of nitrogens with zero attached hydrogens (tertiary/aromatic N) is 3. The largest absolute Gasteiger partial charge is 0.466 e. The lowest BCUT2D eigenvalue weighted by molar-refractivity contribution is -0.136. The number of carbonyl (C=O) groups excluding carboxylic acids is 2. The number of urea groups is 1. The second kappa shape index (κ2) is 7.87. The van der Waals surface area contributed by atoms with Crippen molar-refractivity contribution in [3.63, 3.8) is 0 Å². The van der Waals surface area contributed by atoms with Gasteiger partial charge in [-0.05, 0) is 19.1 Å². The first kappa shape index (κ1) is 19.4. The summed E-state index contributed by atoms with van der Waals surface area (Å²) in [5.41, 5.74) is 4.08. The first-order valence-electron chi connectivity index (χ1n) is 9.55. The van der Waals surface area contributed by atoms with Crippen LogP contribution >= 0.6 is 0 Å². The van der Waals surface area contributed by atoms with Crippen LogP contribution in [0.5, 0.6) is 0 Å². The van der Waals surface area contributed by atoms with Crippen molar-refractivity contribution < 1.29 is 14.3 Å². The Kier molecular flexibility index (Phi) is 5.10. The number of hydrogen-bond donors (Lipinski definition) is 1. The highest BCUT2D eigenvalue weighted by Crippen LogP contribution is 2.36. The van der Waals surface area contributed by atoms with Crippen molar-refractivity contribution in [3.05, 3.63) is 83.7 Å². The lowest BCUT2D eigenvalue weighted by Gasteiger charge is -2.32. The lowest BCUT2D eigenvalue weighted by atomic mass is 9.93. The molecule has 1 aliphatic rings. The number of ether oxygens (including phenoxy) is 1. The molecule has 7 nitrogen and oxygen atoms in total. The van der Waals surface area contributed by atoms with E-state index in [1.54, 1.807) is 18.7 Å². The highest BCUT2D eigenvalue weighted by atomic mass is 16.5. The molecule has 0 spiro atoms. The van der Waals surface area contributed by atoms with Crippen LogP contribution in [-0.2, 0) is 9.53 Å². The summed E-state index contributed by atoms with van der Waals surface area (Å²) in [5, 5.41) is 7.72. The summed E-state index contributed by atoms with van der Waals surface area (Å²) in [7, 11) is 2.96. The number of aromatic nitrogens is 2. The van der Waals surface area contributed by atoms with Crippen LogP contribution in [-0.4, -0.2) is 40.8 Å². The van der Waals surface area contributed by atoms with Gasteiger partial charge in [0.1, 0.15) is 0 Å². The van der Waals surface area contributed by atoms with Gasteiger partial charge in [-0.1, -0.05) is 48.5 Å². The molecule has 2 heterocycles. The van der Waals surface area contributed by atoms with Crippen molar-refractivity contribution in [2.24, 2.45) is 0 Å². The summed E-state index contributed by atoms with van der Waals surface area (Å²) >= 11 is 0. The maximum atomic E-state index is 12.7. The zero-order valence-electron chi connectivity index (χ0n) is 17.0. The number of carbonyl (C=O) groups is 2. The first-order valence-corrected chi connectivity index (χ1v) is 9.55. The molecule has 30 heavy (non-hydrogen) atoms. The number of esters is 1. The Bertz CT molecular complexity index is 1120. The minimum Gasteiger partial charge on any atom is -0.466 e. The summed E-state index contributed by atoms with van der Waals surface area (Å²) in [5.74, 6) is -0.490. The van der Waals surface area contributed by atoms with Gasteiger partial charge in [0.05, 0.1) is 30.1 Å². The van der Waals surface area contributed by atoms with Crippen LogP contribution in [0.25, 0.3) is 16.9 Å². The smallest absolute Gasteiger partial charge is 0.337 e. The maximum absolute atomic E-state index is 12.7. The van der Waals surface area contributed by atoms with Crippen LogP contribution in [0.1, 0.15) is 18.5 Å². The van der Waals surface area contributed by atoms with Crippen molar-refractivity contribution in [2.75, 3.05) is 14.2 Å². The van der Waals surface area contributed by atoms with E-state index in [0.29, 0.717) is 22.5 Å². The molecule has 0 saturated carbocycles. The second-order valence-corrected chi connectivity index (χ2v) is 7.01. The molecule has 2 amide bonds. The molecule has 1 N–H and O–H groups in total. The molecule has 4 rings (SSSR count). The van der Waals surface area contributed by atoms with Gasteiger partial charge in [-0.15, -0.1) is 0 Å². The van der Waals surface area contributed by atoms with Crippen LogP contribution in [0.4, 0.5) is 4.79 Å². The van der Waals surface area contributed by atoms with Gasteiger partial charge in [0.25, 0.3) is 0 Å². The van der Waals surface area contributed by atoms with Crippen molar-refractivity contribution >= 4 is 12.0 Å². The van der Waals surface area contributed by atoms with Crippen LogP contribution in [0, 0.1) is 0 Å². The molecule has 1 aromatic heterocycles. The average Bonchev–Trinajstić information content (AvgIpc) is 3.23. The summed E-state index contributed by atoms with van der Waals surface area (Å²) in [6.07, 6.45) is 1.85. The molecule has 0 saturated heterocycles. The average molecular weight is 402 g/mol. The molecule has 7 heteroatoms. The number of hydrogen-bond acceptors (Lipinski definition) is 4. The predicted octanol–water partition coefficient (Wildman–Crippen LogP) is 3.68. The predicted molar refractivity (Wildman–Crippen MR) is 113 cm³/mol. The minimum absolute atomic E-state index is 0.295. The molecule has 1 aliphatic heterocycles. The molecule has 152 valence electrons. The Hall–Kier alpha value is -3.87. The number of rotatable bonds is 4. The van der Waals surface area contributed by atoms with Crippen molar-refractivity contribution in [1.82, 2.24) is 20.0 Å². The Labute approximate surface area is 174 Å². The van der Waals surface area contributed by atoms with Crippen molar-refractivity contribution in [2.45, 2.75) is 13.0 Å². The summed E-state index contributed by atoms with van der Waals surface area (Å²) in [6, 6.07) is 18.4. The standard InChI is InChI=1S/C23H22N4O3/c1-15-19(22(28)30-3)21(24-23(29)26(15)2)18-14-27(17-12-8-5-9-13-17)25-20(18)16-10-6-4-7-11-16/h4-14,21H,1-3H3,(H,24,29)/t21-/m0/s1. The Balaban J connectivity index is 1.93. The van der Waals surface area contributed by atoms with Crippen molar-refractivity contribution in [3.8, 4) is 16.9 Å². The molecule has 0 bridgehead atoms. The third-order valence-corrected chi connectivity index (χ3v) is 5.28. The molecule has 0 fully saturated rings. The molecular weight excluding hydrogens is 380 g/mol. The van der Waals surface area contributed by atoms with E-state index in [2.05, 4.69) is 5.32 Å². The van der Waals surface area contributed by atoms with Crippen LogP contribution in [0.3, 0.4) is 0 Å². The molecule has 2 aromatic carbocycles. The molecule has 0 unspecified atom stereocenters. The lowest BCUT2D eigenvalue weighted by Crippen LogP contribution is -2.46. The Morgan fingerprint density at radius 1 is 1.07 bits per heavy atom. The molecule has 1 atom stereocenters. The van der Waals surface area contributed by atoms with Gasteiger partial charge in [0.2, 0.25) is 0 Å². The molecular formula is C23H22N4O3. The number of methoxy groups -OCH3 is 1. The zero-order valence-corrected chi connectivity index (χ0v) is 17.0. The third kappa shape index (κ3) is 3.34. The monoisotopic (exact) mass is 402 g/mol. The van der Waals surface area contributed by atoms with E-state index in [4.69, 9.17) is 9.84 Å². The van der Waals surface area contributed by atoms with Crippen molar-refractivity contribution in [1.29, 1.82) is 0 Å². The van der Waals surface area contributed by atoms with E-state index in [9.17, 15) is 9.59 Å². The van der Waals surface area contributed by atoms with E-state index >= 15 is 0 Å². The number of nitrogens with one attached hydrogen (secondary N) is 1. The highest BCUT2D eigenvalue weighted by molar-refractivity contribution is 5.95. The molecule has 0 aliphatic carbocycles. The summed E-state index contributed by atoms with van der Waals surface area (Å²) in [4.78, 5) is 26.6.